The van der Waals surface area contributed by atoms with Crippen LogP contribution in [0.1, 0.15) is 5.56 Å². The van der Waals surface area contributed by atoms with Gasteiger partial charge in [0.2, 0.25) is 0 Å². The van der Waals surface area contributed by atoms with Gasteiger partial charge >= 0.3 is 0 Å². The zero-order valence-electron chi connectivity index (χ0n) is 7.68. The van der Waals surface area contributed by atoms with Gasteiger partial charge in [-0.15, -0.1) is 0 Å². The number of nitriles is 1. The Labute approximate surface area is 95.1 Å². The number of benzene rings is 1. The van der Waals surface area contributed by atoms with Crippen LogP contribution in [-0.2, 0) is 0 Å². The van der Waals surface area contributed by atoms with E-state index >= 15 is 0 Å². The molecule has 2 aromatic rings. The van der Waals surface area contributed by atoms with E-state index in [1.807, 2.05) is 18.2 Å². The number of halogens is 1. The van der Waals surface area contributed by atoms with Gasteiger partial charge in [0, 0.05) is 16.7 Å². The molecule has 0 radical (unpaired) electrons. The quantitative estimate of drug-likeness (QED) is 0.856. The molecule has 5 heteroatoms. The molecule has 1 heterocycles. The maximum absolute atomic E-state index is 9.02. The van der Waals surface area contributed by atoms with Crippen molar-refractivity contribution in [1.82, 2.24) is 9.78 Å². The van der Waals surface area contributed by atoms with Crippen LogP contribution >= 0.6 is 15.9 Å². The molecule has 0 spiro atoms. The third-order valence-electron chi connectivity index (χ3n) is 1.96. The van der Waals surface area contributed by atoms with Crippen molar-refractivity contribution in [3.8, 4) is 11.8 Å². The molecule has 74 valence electrons. The second kappa shape index (κ2) is 3.75. The Morgan fingerprint density at radius 1 is 1.40 bits per heavy atom. The second-order valence-electron chi connectivity index (χ2n) is 2.93. The van der Waals surface area contributed by atoms with Gasteiger partial charge in [-0.3, -0.25) is 0 Å². The largest absolute Gasteiger partial charge is 0.382 e. The van der Waals surface area contributed by atoms with Crippen molar-refractivity contribution in [3.05, 3.63) is 40.5 Å². The van der Waals surface area contributed by atoms with Crippen molar-refractivity contribution in [2.24, 2.45) is 0 Å². The summed E-state index contributed by atoms with van der Waals surface area (Å²) in [6, 6.07) is 9.28. The monoisotopic (exact) mass is 262 g/mol. The van der Waals surface area contributed by atoms with Crippen LogP contribution in [0.5, 0.6) is 0 Å². The van der Waals surface area contributed by atoms with Crippen molar-refractivity contribution < 1.29 is 0 Å². The first-order valence-electron chi connectivity index (χ1n) is 4.22. The summed E-state index contributed by atoms with van der Waals surface area (Å²) in [5.41, 5.74) is 6.77. The maximum atomic E-state index is 9.02. The lowest BCUT2D eigenvalue weighted by Crippen LogP contribution is -1.99. The van der Waals surface area contributed by atoms with Crippen LogP contribution in [0, 0.1) is 11.3 Å². The van der Waals surface area contributed by atoms with Crippen LogP contribution in [-0.4, -0.2) is 9.78 Å². The van der Waals surface area contributed by atoms with Gasteiger partial charge in [0.15, 0.2) is 0 Å². The molecule has 4 nitrogen and oxygen atoms in total. The summed E-state index contributed by atoms with van der Waals surface area (Å²) in [5, 5.41) is 13.1. The van der Waals surface area contributed by atoms with Crippen LogP contribution < -0.4 is 5.73 Å². The molecule has 15 heavy (non-hydrogen) atoms. The van der Waals surface area contributed by atoms with E-state index < -0.39 is 0 Å². The van der Waals surface area contributed by atoms with E-state index in [1.54, 1.807) is 16.9 Å². The first kappa shape index (κ1) is 9.74. The Bertz CT molecular complexity index is 539. The molecule has 0 aliphatic rings. The fraction of sp³-hybridized carbons (Fsp3) is 0. The fourth-order valence-electron chi connectivity index (χ4n) is 1.29. The van der Waals surface area contributed by atoms with Crippen LogP contribution in [0.2, 0.25) is 0 Å². The Morgan fingerprint density at radius 2 is 2.20 bits per heavy atom. The predicted molar refractivity (Wildman–Crippen MR) is 60.4 cm³/mol. The van der Waals surface area contributed by atoms with Crippen LogP contribution in [0.3, 0.4) is 0 Å². The smallest absolute Gasteiger partial charge is 0.145 e. The lowest BCUT2D eigenvalue weighted by atomic mass is 10.2. The summed E-state index contributed by atoms with van der Waals surface area (Å²) in [6.07, 6.45) is 1.72. The summed E-state index contributed by atoms with van der Waals surface area (Å²) >= 11 is 3.32. The number of nitrogens with two attached hydrogens (primary N) is 1. The highest BCUT2D eigenvalue weighted by molar-refractivity contribution is 9.10. The predicted octanol–water partition coefficient (Wildman–Crippen LogP) is 2.09. The Hall–Kier alpha value is -1.80. The number of aromatic nitrogens is 2. The highest BCUT2D eigenvalue weighted by Gasteiger charge is 2.08. The summed E-state index contributed by atoms with van der Waals surface area (Å²) < 4.78 is 2.33. The van der Waals surface area contributed by atoms with Crippen LogP contribution in [0.25, 0.3) is 5.69 Å². The van der Waals surface area contributed by atoms with Crippen LogP contribution in [0.4, 0.5) is 5.82 Å². The van der Waals surface area contributed by atoms with Gasteiger partial charge in [0.25, 0.3) is 0 Å². The molecular weight excluding hydrogens is 256 g/mol. The first-order chi connectivity index (χ1) is 7.22. The standard InChI is InChI=1S/C10H7BrN4/c11-8-2-1-3-9(7(8)6-12)15-5-4-10(13)14-15/h1-5H,(H2,13,14). The van der Waals surface area contributed by atoms with E-state index in [4.69, 9.17) is 11.0 Å². The Morgan fingerprint density at radius 3 is 2.80 bits per heavy atom. The van der Waals surface area contributed by atoms with E-state index in [2.05, 4.69) is 27.1 Å². The van der Waals surface area contributed by atoms with Crippen molar-refractivity contribution in [1.29, 1.82) is 5.26 Å². The van der Waals surface area contributed by atoms with E-state index in [0.29, 0.717) is 17.1 Å². The van der Waals surface area contributed by atoms with E-state index in [-0.39, 0.29) is 0 Å². The molecule has 0 fully saturated rings. The Balaban J connectivity index is 2.63. The minimum atomic E-state index is 0.430. The third kappa shape index (κ3) is 1.72. The summed E-state index contributed by atoms with van der Waals surface area (Å²) in [6.45, 7) is 0. The zero-order valence-corrected chi connectivity index (χ0v) is 9.27. The molecule has 2 N–H and O–H groups in total. The molecule has 0 saturated carbocycles. The molecule has 1 aromatic heterocycles. The number of hydrogen-bond acceptors (Lipinski definition) is 3. The molecule has 0 unspecified atom stereocenters. The number of nitrogens with zero attached hydrogens (tertiary/aromatic N) is 3. The molecule has 0 amide bonds. The summed E-state index contributed by atoms with van der Waals surface area (Å²) in [7, 11) is 0. The SMILES string of the molecule is N#Cc1c(Br)cccc1-n1ccc(N)n1. The fourth-order valence-corrected chi connectivity index (χ4v) is 1.73. The summed E-state index contributed by atoms with van der Waals surface area (Å²) in [4.78, 5) is 0. The molecule has 0 saturated heterocycles. The van der Waals surface area contributed by atoms with Crippen molar-refractivity contribution >= 4 is 21.7 Å². The van der Waals surface area contributed by atoms with Gasteiger partial charge in [-0.05, 0) is 28.1 Å². The number of hydrogen-bond donors (Lipinski definition) is 1. The summed E-state index contributed by atoms with van der Waals surface area (Å²) in [5.74, 6) is 0.430. The number of rotatable bonds is 1. The minimum absolute atomic E-state index is 0.430. The lowest BCUT2D eigenvalue weighted by Gasteiger charge is -2.04. The van der Waals surface area contributed by atoms with Crippen molar-refractivity contribution in [2.45, 2.75) is 0 Å². The molecule has 0 aliphatic carbocycles. The Kier molecular flexibility index (Phi) is 2.44. The van der Waals surface area contributed by atoms with Gasteiger partial charge in [-0.25, -0.2) is 4.68 Å². The van der Waals surface area contributed by atoms with E-state index in [9.17, 15) is 0 Å². The number of anilines is 1. The highest BCUT2D eigenvalue weighted by atomic mass is 79.9. The van der Waals surface area contributed by atoms with E-state index in [0.717, 1.165) is 4.47 Å². The van der Waals surface area contributed by atoms with Gasteiger partial charge in [0.05, 0.1) is 11.3 Å². The van der Waals surface area contributed by atoms with Crippen molar-refractivity contribution in [3.63, 3.8) is 0 Å². The molecule has 0 aliphatic heterocycles. The third-order valence-corrected chi connectivity index (χ3v) is 2.62. The highest BCUT2D eigenvalue weighted by Crippen LogP contribution is 2.22. The van der Waals surface area contributed by atoms with Crippen LogP contribution in [0.15, 0.2) is 34.9 Å². The first-order valence-corrected chi connectivity index (χ1v) is 5.02. The number of nitrogen functional groups attached to an aromatic ring is 1. The van der Waals surface area contributed by atoms with Gasteiger partial charge in [-0.2, -0.15) is 10.4 Å². The molecule has 1 aromatic carbocycles. The molecule has 2 rings (SSSR count). The molecule has 0 atom stereocenters. The molecular formula is C10H7BrN4. The van der Waals surface area contributed by atoms with E-state index in [1.165, 1.54) is 0 Å². The topological polar surface area (TPSA) is 67.6 Å². The van der Waals surface area contributed by atoms with Gasteiger partial charge in [-0.1, -0.05) is 6.07 Å². The lowest BCUT2D eigenvalue weighted by molar-refractivity contribution is 0.882. The average Bonchev–Trinajstić information content (AvgIpc) is 2.64. The maximum Gasteiger partial charge on any atom is 0.145 e. The van der Waals surface area contributed by atoms with Gasteiger partial charge in [0.1, 0.15) is 11.9 Å². The zero-order chi connectivity index (χ0) is 10.8. The normalized spacial score (nSPS) is 9.87. The van der Waals surface area contributed by atoms with Crippen molar-refractivity contribution in [2.75, 3.05) is 5.73 Å². The van der Waals surface area contributed by atoms with Gasteiger partial charge < -0.3 is 5.73 Å². The molecule has 0 bridgehead atoms. The minimum Gasteiger partial charge on any atom is -0.382 e. The average molecular weight is 263 g/mol. The second-order valence-corrected chi connectivity index (χ2v) is 3.79.